The highest BCUT2D eigenvalue weighted by atomic mass is 127. The van der Waals surface area contributed by atoms with Crippen molar-refractivity contribution in [3.05, 3.63) is 49.3 Å². The lowest BCUT2D eigenvalue weighted by molar-refractivity contribution is 0.102. The Morgan fingerprint density at radius 1 is 1.26 bits per heavy atom. The number of amides is 1. The maximum absolute atomic E-state index is 12.3. The average Bonchev–Trinajstić information content (AvgIpc) is 2.36. The molecule has 0 spiro atoms. The molecule has 0 unspecified atom stereocenters. The first-order valence-electron chi connectivity index (χ1n) is 5.54. The molecule has 0 saturated carbocycles. The second-order valence-electron chi connectivity index (χ2n) is 4.06. The predicted molar refractivity (Wildman–Crippen MR) is 86.3 cm³/mol. The Balaban J connectivity index is 2.30. The molecule has 1 aromatic heterocycles. The number of aromatic nitrogens is 2. The van der Waals surface area contributed by atoms with Crippen LogP contribution in [0.5, 0.6) is 0 Å². The van der Waals surface area contributed by atoms with Crippen LogP contribution in [0, 0.1) is 17.4 Å². The van der Waals surface area contributed by atoms with Crippen molar-refractivity contribution < 1.29 is 4.79 Å². The topological polar surface area (TPSA) is 54.9 Å². The Morgan fingerprint density at radius 2 is 2.00 bits per heavy atom. The number of benzene rings is 1. The van der Waals surface area contributed by atoms with E-state index in [1.165, 1.54) is 0 Å². The molecule has 1 heterocycles. The summed E-state index contributed by atoms with van der Waals surface area (Å²) in [6.07, 6.45) is 0. The molecule has 98 valence electrons. The van der Waals surface area contributed by atoms with Crippen molar-refractivity contribution in [1.82, 2.24) is 10.2 Å². The summed E-state index contributed by atoms with van der Waals surface area (Å²) in [7, 11) is 0. The molecule has 1 N–H and O–H groups in total. The molecular formula is C13H11BrIN3O. The van der Waals surface area contributed by atoms with Crippen molar-refractivity contribution in [1.29, 1.82) is 0 Å². The number of nitrogens with zero attached hydrogens (tertiary/aromatic N) is 2. The van der Waals surface area contributed by atoms with Gasteiger partial charge in [0.25, 0.3) is 5.91 Å². The van der Waals surface area contributed by atoms with Crippen LogP contribution in [0.15, 0.2) is 28.7 Å². The van der Waals surface area contributed by atoms with Crippen LogP contribution in [-0.4, -0.2) is 16.1 Å². The van der Waals surface area contributed by atoms with Crippen LogP contribution in [0.25, 0.3) is 0 Å². The summed E-state index contributed by atoms with van der Waals surface area (Å²) in [5.74, 6) is -0.175. The van der Waals surface area contributed by atoms with E-state index >= 15 is 0 Å². The van der Waals surface area contributed by atoms with Crippen molar-refractivity contribution in [2.24, 2.45) is 0 Å². The maximum Gasteiger partial charge on any atom is 0.257 e. The van der Waals surface area contributed by atoms with E-state index in [1.807, 2.05) is 25.1 Å². The van der Waals surface area contributed by atoms with Gasteiger partial charge < -0.3 is 5.32 Å². The highest BCUT2D eigenvalue weighted by Gasteiger charge is 2.12. The number of hydrogen-bond donors (Lipinski definition) is 1. The number of aryl methyl sites for hydroxylation is 2. The van der Waals surface area contributed by atoms with E-state index in [-0.39, 0.29) is 5.91 Å². The van der Waals surface area contributed by atoms with Gasteiger partial charge in [-0.2, -0.15) is 10.2 Å². The van der Waals surface area contributed by atoms with Gasteiger partial charge in [0, 0.05) is 8.04 Å². The van der Waals surface area contributed by atoms with Gasteiger partial charge in [0.05, 0.1) is 22.6 Å². The molecule has 0 aliphatic rings. The minimum absolute atomic E-state index is 0.175. The number of nitrogens with one attached hydrogen (secondary N) is 1. The average molecular weight is 432 g/mol. The summed E-state index contributed by atoms with van der Waals surface area (Å²) in [6, 6.07) is 7.48. The Hall–Kier alpha value is -1.02. The Kier molecular flexibility index (Phi) is 4.51. The summed E-state index contributed by atoms with van der Waals surface area (Å²) < 4.78 is 1.90. The van der Waals surface area contributed by atoms with E-state index in [2.05, 4.69) is 54.0 Å². The number of halogens is 2. The van der Waals surface area contributed by atoms with Crippen LogP contribution in [0.2, 0.25) is 0 Å². The summed E-state index contributed by atoms with van der Waals surface area (Å²) in [6.45, 7) is 3.58. The molecule has 19 heavy (non-hydrogen) atoms. The third-order valence-electron chi connectivity index (χ3n) is 2.52. The van der Waals surface area contributed by atoms with Gasteiger partial charge in [-0.25, -0.2) is 0 Å². The molecular weight excluding hydrogens is 421 g/mol. The third-order valence-corrected chi connectivity index (χ3v) is 3.96. The van der Waals surface area contributed by atoms with Crippen LogP contribution < -0.4 is 5.32 Å². The van der Waals surface area contributed by atoms with Gasteiger partial charge in [-0.05, 0) is 60.7 Å². The van der Waals surface area contributed by atoms with Gasteiger partial charge in [-0.1, -0.05) is 15.9 Å². The highest BCUT2D eigenvalue weighted by Crippen LogP contribution is 2.23. The molecule has 0 bridgehead atoms. The molecule has 1 aromatic carbocycles. The zero-order valence-electron chi connectivity index (χ0n) is 10.4. The van der Waals surface area contributed by atoms with Crippen LogP contribution in [0.3, 0.4) is 0 Å². The molecule has 1 amide bonds. The zero-order chi connectivity index (χ0) is 14.0. The molecule has 0 aliphatic heterocycles. The van der Waals surface area contributed by atoms with Gasteiger partial charge in [-0.15, -0.1) is 0 Å². The quantitative estimate of drug-likeness (QED) is 0.737. The van der Waals surface area contributed by atoms with E-state index in [0.29, 0.717) is 11.3 Å². The minimum atomic E-state index is -0.175. The summed E-state index contributed by atoms with van der Waals surface area (Å²) in [5, 5.41) is 10.8. The van der Waals surface area contributed by atoms with Gasteiger partial charge in [0.1, 0.15) is 0 Å². The first-order chi connectivity index (χ1) is 8.97. The van der Waals surface area contributed by atoms with Crippen molar-refractivity contribution >= 4 is 50.1 Å². The Bertz CT molecular complexity index is 646. The highest BCUT2D eigenvalue weighted by molar-refractivity contribution is 14.1. The van der Waals surface area contributed by atoms with Crippen LogP contribution >= 0.6 is 38.5 Å². The zero-order valence-corrected chi connectivity index (χ0v) is 14.1. The number of carbonyl (C=O) groups excluding carboxylic acids is 1. The molecule has 2 rings (SSSR count). The smallest absolute Gasteiger partial charge is 0.257 e. The lowest BCUT2D eigenvalue weighted by Gasteiger charge is -2.09. The van der Waals surface area contributed by atoms with Gasteiger partial charge in [-0.3, -0.25) is 4.79 Å². The summed E-state index contributed by atoms with van der Waals surface area (Å²) in [4.78, 5) is 12.3. The molecule has 2 aromatic rings. The number of anilines is 1. The monoisotopic (exact) mass is 431 g/mol. The lowest BCUT2D eigenvalue weighted by atomic mass is 10.2. The fourth-order valence-corrected chi connectivity index (χ4v) is 2.39. The second-order valence-corrected chi connectivity index (χ2v) is 6.14. The lowest BCUT2D eigenvalue weighted by Crippen LogP contribution is -2.15. The fraction of sp³-hybridized carbons (Fsp3) is 0.154. The van der Waals surface area contributed by atoms with Gasteiger partial charge >= 0.3 is 0 Å². The second kappa shape index (κ2) is 5.96. The first-order valence-corrected chi connectivity index (χ1v) is 7.42. The van der Waals surface area contributed by atoms with Crippen molar-refractivity contribution in [3.8, 4) is 0 Å². The van der Waals surface area contributed by atoms with E-state index in [4.69, 9.17) is 0 Å². The maximum atomic E-state index is 12.3. The molecule has 0 atom stereocenters. The van der Waals surface area contributed by atoms with E-state index in [9.17, 15) is 4.79 Å². The third kappa shape index (κ3) is 3.50. The Morgan fingerprint density at radius 3 is 2.74 bits per heavy atom. The first kappa shape index (κ1) is 14.4. The fourth-order valence-electron chi connectivity index (χ4n) is 1.56. The van der Waals surface area contributed by atoms with Crippen LogP contribution in [0.4, 0.5) is 5.69 Å². The van der Waals surface area contributed by atoms with Crippen LogP contribution in [0.1, 0.15) is 21.7 Å². The SMILES string of the molecule is Cc1cc(C(=O)Nc2cc(Br)ccc2I)c(C)nn1. The van der Waals surface area contributed by atoms with Crippen molar-refractivity contribution in [3.63, 3.8) is 0 Å². The van der Waals surface area contributed by atoms with E-state index in [0.717, 1.165) is 19.4 Å². The normalized spacial score (nSPS) is 10.3. The van der Waals surface area contributed by atoms with E-state index in [1.54, 1.807) is 13.0 Å². The van der Waals surface area contributed by atoms with Gasteiger partial charge in [0.15, 0.2) is 0 Å². The summed E-state index contributed by atoms with van der Waals surface area (Å²) in [5.41, 5.74) is 2.66. The molecule has 6 heteroatoms. The van der Waals surface area contributed by atoms with Gasteiger partial charge in [0.2, 0.25) is 0 Å². The van der Waals surface area contributed by atoms with E-state index < -0.39 is 0 Å². The summed E-state index contributed by atoms with van der Waals surface area (Å²) >= 11 is 5.57. The minimum Gasteiger partial charge on any atom is -0.321 e. The van der Waals surface area contributed by atoms with Crippen molar-refractivity contribution in [2.45, 2.75) is 13.8 Å². The number of rotatable bonds is 2. The Labute approximate surface area is 133 Å². The molecule has 0 saturated heterocycles. The molecule has 4 nitrogen and oxygen atoms in total. The largest absolute Gasteiger partial charge is 0.321 e. The number of carbonyl (C=O) groups is 1. The molecule has 0 aliphatic carbocycles. The predicted octanol–water partition coefficient (Wildman–Crippen LogP) is 3.71. The van der Waals surface area contributed by atoms with Crippen molar-refractivity contribution in [2.75, 3.05) is 5.32 Å². The number of hydrogen-bond acceptors (Lipinski definition) is 3. The van der Waals surface area contributed by atoms with Crippen LogP contribution in [-0.2, 0) is 0 Å². The standard InChI is InChI=1S/C13H11BrIN3O/c1-7-5-10(8(2)18-17-7)13(19)16-12-6-9(14)3-4-11(12)15/h3-6H,1-2H3,(H,16,19). The molecule has 0 fully saturated rings. The molecule has 0 radical (unpaired) electrons.